The lowest BCUT2D eigenvalue weighted by atomic mass is 9.97. The highest BCUT2D eigenvalue weighted by Crippen LogP contribution is 2.39. The van der Waals surface area contributed by atoms with Gasteiger partial charge in [-0.25, -0.2) is 9.97 Å². The molecular weight excluding hydrogens is 376 g/mol. The maximum Gasteiger partial charge on any atom is 0.128 e. The Kier molecular flexibility index (Phi) is 4.20. The third-order valence-corrected chi connectivity index (χ3v) is 6.73. The number of nitrogens with zero attached hydrogens (tertiary/aromatic N) is 2. The highest BCUT2D eigenvalue weighted by Gasteiger charge is 2.19. The Morgan fingerprint density at radius 2 is 2.09 bits per heavy atom. The van der Waals surface area contributed by atoms with E-state index in [1.54, 1.807) is 6.33 Å². The predicted octanol–water partition coefficient (Wildman–Crippen LogP) is 5.62. The number of benzene rings is 1. The van der Waals surface area contributed by atoms with Crippen molar-refractivity contribution in [3.05, 3.63) is 51.1 Å². The Balaban J connectivity index is 1.68. The smallest absolute Gasteiger partial charge is 0.128 e. The second-order valence-electron chi connectivity index (χ2n) is 5.49. The number of thioether (sulfide) groups is 1. The van der Waals surface area contributed by atoms with Gasteiger partial charge in [-0.05, 0) is 48.9 Å². The van der Waals surface area contributed by atoms with Crippen LogP contribution in [-0.2, 0) is 18.6 Å². The van der Waals surface area contributed by atoms with Crippen LogP contribution < -0.4 is 0 Å². The fourth-order valence-electron chi connectivity index (χ4n) is 2.95. The first kappa shape index (κ1) is 14.7. The predicted molar refractivity (Wildman–Crippen MR) is 97.8 cm³/mol. The van der Waals surface area contributed by atoms with E-state index in [0.29, 0.717) is 0 Å². The molecule has 4 rings (SSSR count). The van der Waals surface area contributed by atoms with Crippen LogP contribution in [-0.4, -0.2) is 9.97 Å². The standard InChI is InChI=1S/C17H15BrN2S2/c18-12-5-3-4-11(8-12)9-21-16-15-13-6-1-2-7-14(13)22-17(15)20-10-19-16/h3-5,8,10H,1-2,6-7,9H2. The van der Waals surface area contributed by atoms with Crippen molar-refractivity contribution in [1.29, 1.82) is 0 Å². The Morgan fingerprint density at radius 3 is 3.00 bits per heavy atom. The molecule has 0 fully saturated rings. The number of aromatic nitrogens is 2. The van der Waals surface area contributed by atoms with Crippen LogP contribution in [0.25, 0.3) is 10.2 Å². The Labute approximate surface area is 146 Å². The lowest BCUT2D eigenvalue weighted by Gasteiger charge is -2.11. The van der Waals surface area contributed by atoms with Crippen molar-refractivity contribution in [3.63, 3.8) is 0 Å². The van der Waals surface area contributed by atoms with Gasteiger partial charge in [0.05, 0.1) is 0 Å². The molecule has 0 bridgehead atoms. The zero-order valence-electron chi connectivity index (χ0n) is 12.0. The summed E-state index contributed by atoms with van der Waals surface area (Å²) in [5.41, 5.74) is 2.83. The first-order valence-corrected chi connectivity index (χ1v) is 10.0. The van der Waals surface area contributed by atoms with E-state index in [1.165, 1.54) is 51.9 Å². The molecule has 2 aromatic heterocycles. The molecule has 2 nitrogen and oxygen atoms in total. The van der Waals surface area contributed by atoms with Gasteiger partial charge in [0.25, 0.3) is 0 Å². The van der Waals surface area contributed by atoms with Crippen LogP contribution in [0.15, 0.2) is 40.1 Å². The van der Waals surface area contributed by atoms with E-state index >= 15 is 0 Å². The molecule has 0 radical (unpaired) electrons. The highest BCUT2D eigenvalue weighted by atomic mass is 79.9. The molecule has 0 spiro atoms. The molecule has 0 aliphatic heterocycles. The third kappa shape index (κ3) is 2.82. The molecule has 0 atom stereocenters. The average molecular weight is 391 g/mol. The summed E-state index contributed by atoms with van der Waals surface area (Å²) in [5, 5.41) is 2.46. The Morgan fingerprint density at radius 1 is 1.18 bits per heavy atom. The van der Waals surface area contributed by atoms with Crippen LogP contribution in [0.3, 0.4) is 0 Å². The van der Waals surface area contributed by atoms with Crippen molar-refractivity contribution in [2.24, 2.45) is 0 Å². The van der Waals surface area contributed by atoms with Crippen LogP contribution in [0.4, 0.5) is 0 Å². The van der Waals surface area contributed by atoms with Crippen molar-refractivity contribution >= 4 is 49.2 Å². The molecule has 3 aromatic rings. The quantitative estimate of drug-likeness (QED) is 0.428. The number of aryl methyl sites for hydroxylation is 2. The second-order valence-corrected chi connectivity index (χ2v) is 8.45. The number of hydrogen-bond donors (Lipinski definition) is 0. The zero-order valence-corrected chi connectivity index (χ0v) is 15.2. The van der Waals surface area contributed by atoms with Gasteiger partial charge in [0.2, 0.25) is 0 Å². The monoisotopic (exact) mass is 390 g/mol. The molecule has 112 valence electrons. The molecule has 0 saturated heterocycles. The lowest BCUT2D eigenvalue weighted by molar-refractivity contribution is 0.699. The van der Waals surface area contributed by atoms with Crippen LogP contribution >= 0.6 is 39.0 Å². The van der Waals surface area contributed by atoms with E-state index < -0.39 is 0 Å². The van der Waals surface area contributed by atoms with E-state index in [4.69, 9.17) is 0 Å². The Hall–Kier alpha value is -0.910. The van der Waals surface area contributed by atoms with Gasteiger partial charge in [0.15, 0.2) is 0 Å². The van der Waals surface area contributed by atoms with E-state index in [1.807, 2.05) is 23.1 Å². The first-order chi connectivity index (χ1) is 10.8. The first-order valence-electron chi connectivity index (χ1n) is 7.44. The summed E-state index contributed by atoms with van der Waals surface area (Å²) < 4.78 is 1.13. The summed E-state index contributed by atoms with van der Waals surface area (Å²) in [6.07, 6.45) is 6.73. The maximum absolute atomic E-state index is 4.57. The average Bonchev–Trinajstić information content (AvgIpc) is 2.92. The molecule has 0 unspecified atom stereocenters. The van der Waals surface area contributed by atoms with Gasteiger partial charge in [-0.2, -0.15) is 0 Å². The van der Waals surface area contributed by atoms with Gasteiger partial charge in [-0.3, -0.25) is 0 Å². The van der Waals surface area contributed by atoms with E-state index in [9.17, 15) is 0 Å². The fourth-order valence-corrected chi connectivity index (χ4v) is 5.66. The van der Waals surface area contributed by atoms with Gasteiger partial charge >= 0.3 is 0 Å². The van der Waals surface area contributed by atoms with Gasteiger partial charge in [-0.1, -0.05) is 28.1 Å². The van der Waals surface area contributed by atoms with Gasteiger partial charge in [0, 0.05) is 20.5 Å². The molecule has 2 heterocycles. The molecule has 1 aromatic carbocycles. The highest BCUT2D eigenvalue weighted by molar-refractivity contribution is 9.10. The largest absolute Gasteiger partial charge is 0.229 e. The summed E-state index contributed by atoms with van der Waals surface area (Å²) in [6, 6.07) is 8.49. The topological polar surface area (TPSA) is 25.8 Å². The molecular formula is C17H15BrN2S2. The molecule has 1 aliphatic carbocycles. The zero-order chi connectivity index (χ0) is 14.9. The summed E-state index contributed by atoms with van der Waals surface area (Å²) in [5.74, 6) is 0.941. The molecule has 5 heteroatoms. The summed E-state index contributed by atoms with van der Waals surface area (Å²) in [7, 11) is 0. The summed E-state index contributed by atoms with van der Waals surface area (Å²) >= 11 is 7.23. The van der Waals surface area contributed by atoms with Crippen molar-refractivity contribution < 1.29 is 0 Å². The number of rotatable bonds is 3. The number of fused-ring (bicyclic) bond motifs is 3. The molecule has 0 amide bonds. The van der Waals surface area contributed by atoms with Crippen molar-refractivity contribution in [2.75, 3.05) is 0 Å². The van der Waals surface area contributed by atoms with E-state index in [0.717, 1.165) is 15.3 Å². The third-order valence-electron chi connectivity index (χ3n) is 3.98. The summed E-state index contributed by atoms with van der Waals surface area (Å²) in [4.78, 5) is 11.8. The fraction of sp³-hybridized carbons (Fsp3) is 0.294. The maximum atomic E-state index is 4.57. The molecule has 1 aliphatic rings. The number of thiophene rings is 1. The minimum Gasteiger partial charge on any atom is -0.229 e. The normalized spacial score (nSPS) is 14.2. The Bertz CT molecular complexity index is 829. The number of hydrogen-bond acceptors (Lipinski definition) is 4. The van der Waals surface area contributed by atoms with Crippen molar-refractivity contribution in [3.8, 4) is 0 Å². The van der Waals surface area contributed by atoms with Crippen molar-refractivity contribution in [2.45, 2.75) is 36.5 Å². The second kappa shape index (κ2) is 6.30. The van der Waals surface area contributed by atoms with Gasteiger partial charge in [0.1, 0.15) is 16.2 Å². The summed E-state index contributed by atoms with van der Waals surface area (Å²) in [6.45, 7) is 0. The van der Waals surface area contributed by atoms with Gasteiger partial charge < -0.3 is 0 Å². The van der Waals surface area contributed by atoms with Crippen LogP contribution in [0.1, 0.15) is 28.8 Å². The van der Waals surface area contributed by atoms with Crippen molar-refractivity contribution in [1.82, 2.24) is 9.97 Å². The van der Waals surface area contributed by atoms with E-state index in [2.05, 4.69) is 50.2 Å². The lowest BCUT2D eigenvalue weighted by Crippen LogP contribution is -1.99. The SMILES string of the molecule is Brc1cccc(CSc2ncnc3sc4c(c23)CCCC4)c1. The minimum absolute atomic E-state index is 0.941. The minimum atomic E-state index is 0.941. The van der Waals surface area contributed by atoms with Crippen LogP contribution in [0.2, 0.25) is 0 Å². The molecule has 22 heavy (non-hydrogen) atoms. The van der Waals surface area contributed by atoms with Crippen LogP contribution in [0, 0.1) is 0 Å². The molecule has 0 saturated carbocycles. The van der Waals surface area contributed by atoms with Gasteiger partial charge in [-0.15, -0.1) is 23.1 Å². The van der Waals surface area contributed by atoms with E-state index in [-0.39, 0.29) is 0 Å². The van der Waals surface area contributed by atoms with Crippen LogP contribution in [0.5, 0.6) is 0 Å². The molecule has 0 N–H and O–H groups in total. The number of halogens is 1.